The zero-order valence-corrected chi connectivity index (χ0v) is 10.0. The quantitative estimate of drug-likeness (QED) is 0.842. The normalized spacial score (nSPS) is 18.1. The molecule has 1 unspecified atom stereocenters. The Morgan fingerprint density at radius 3 is 2.94 bits per heavy atom. The molecule has 1 aromatic rings. The first-order chi connectivity index (χ1) is 8.27. The molecule has 2 rings (SSSR count). The third kappa shape index (κ3) is 3.31. The Hall–Kier alpha value is -1.33. The van der Waals surface area contributed by atoms with Gasteiger partial charge in [-0.2, -0.15) is 0 Å². The fourth-order valence-electron chi connectivity index (χ4n) is 1.80. The topological polar surface area (TPSA) is 54.7 Å². The summed E-state index contributed by atoms with van der Waals surface area (Å²) in [5, 5.41) is 3.16. The molecule has 2 heterocycles. The number of morpholine rings is 1. The van der Waals surface area contributed by atoms with Gasteiger partial charge in [-0.3, -0.25) is 10.1 Å². The van der Waals surface area contributed by atoms with Crippen molar-refractivity contribution in [1.82, 2.24) is 10.2 Å². The van der Waals surface area contributed by atoms with Crippen LogP contribution in [-0.2, 0) is 9.53 Å². The van der Waals surface area contributed by atoms with Gasteiger partial charge in [-0.25, -0.2) is 0 Å². The van der Waals surface area contributed by atoms with Gasteiger partial charge in [0.2, 0.25) is 5.91 Å². The van der Waals surface area contributed by atoms with Crippen molar-refractivity contribution in [2.45, 2.75) is 13.0 Å². The molecule has 0 radical (unpaired) electrons. The van der Waals surface area contributed by atoms with Crippen molar-refractivity contribution < 1.29 is 13.9 Å². The van der Waals surface area contributed by atoms with E-state index in [1.807, 2.05) is 24.0 Å². The molecule has 0 bridgehead atoms. The molecule has 1 N–H and O–H groups in total. The fourth-order valence-corrected chi connectivity index (χ4v) is 1.80. The predicted molar refractivity (Wildman–Crippen MR) is 62.5 cm³/mol. The van der Waals surface area contributed by atoms with Gasteiger partial charge in [0, 0.05) is 13.1 Å². The highest BCUT2D eigenvalue weighted by molar-refractivity contribution is 5.78. The van der Waals surface area contributed by atoms with Crippen LogP contribution in [0.2, 0.25) is 0 Å². The van der Waals surface area contributed by atoms with E-state index >= 15 is 0 Å². The second-order valence-corrected chi connectivity index (χ2v) is 4.11. The van der Waals surface area contributed by atoms with E-state index in [0.29, 0.717) is 32.8 Å². The van der Waals surface area contributed by atoms with Crippen LogP contribution in [0.1, 0.15) is 18.7 Å². The summed E-state index contributed by atoms with van der Waals surface area (Å²) in [6.45, 7) is 4.97. The van der Waals surface area contributed by atoms with Gasteiger partial charge in [0.05, 0.1) is 32.1 Å². The second-order valence-electron chi connectivity index (χ2n) is 4.11. The second kappa shape index (κ2) is 5.84. The van der Waals surface area contributed by atoms with E-state index in [1.54, 1.807) is 6.26 Å². The number of ether oxygens (including phenoxy) is 1. The van der Waals surface area contributed by atoms with E-state index in [1.165, 1.54) is 0 Å². The SMILES string of the molecule is CC(NCC(=O)N1CCOCC1)c1ccco1. The molecule has 0 aromatic carbocycles. The first kappa shape index (κ1) is 12.1. The standard InChI is InChI=1S/C12H18N2O3/c1-10(11-3-2-6-17-11)13-9-12(15)14-4-7-16-8-5-14/h2-3,6,10,13H,4-5,7-9H2,1H3. The number of amides is 1. The van der Waals surface area contributed by atoms with Crippen molar-refractivity contribution in [3.8, 4) is 0 Å². The molecule has 1 saturated heterocycles. The third-order valence-corrected chi connectivity index (χ3v) is 2.89. The number of carbonyl (C=O) groups excluding carboxylic acids is 1. The maximum absolute atomic E-state index is 11.8. The van der Waals surface area contributed by atoms with E-state index in [0.717, 1.165) is 5.76 Å². The van der Waals surface area contributed by atoms with Gasteiger partial charge in [-0.05, 0) is 19.1 Å². The van der Waals surface area contributed by atoms with Crippen molar-refractivity contribution in [2.75, 3.05) is 32.8 Å². The van der Waals surface area contributed by atoms with Crippen molar-refractivity contribution in [3.05, 3.63) is 24.2 Å². The smallest absolute Gasteiger partial charge is 0.236 e. The van der Waals surface area contributed by atoms with Crippen LogP contribution in [0.4, 0.5) is 0 Å². The molecular formula is C12H18N2O3. The van der Waals surface area contributed by atoms with Gasteiger partial charge in [-0.15, -0.1) is 0 Å². The molecule has 1 aliphatic rings. The van der Waals surface area contributed by atoms with Crippen molar-refractivity contribution >= 4 is 5.91 Å². The van der Waals surface area contributed by atoms with Crippen molar-refractivity contribution in [1.29, 1.82) is 0 Å². The molecule has 5 heteroatoms. The molecule has 0 aliphatic carbocycles. The van der Waals surface area contributed by atoms with Gasteiger partial charge in [0.15, 0.2) is 0 Å². The molecule has 1 aromatic heterocycles. The molecule has 1 aliphatic heterocycles. The number of nitrogens with one attached hydrogen (secondary N) is 1. The van der Waals surface area contributed by atoms with Crippen LogP contribution in [0.15, 0.2) is 22.8 Å². The Kier molecular flexibility index (Phi) is 4.17. The lowest BCUT2D eigenvalue weighted by Gasteiger charge is -2.27. The first-order valence-corrected chi connectivity index (χ1v) is 5.89. The maximum Gasteiger partial charge on any atom is 0.236 e. The number of hydrogen-bond donors (Lipinski definition) is 1. The third-order valence-electron chi connectivity index (χ3n) is 2.89. The summed E-state index contributed by atoms with van der Waals surface area (Å²) in [5.41, 5.74) is 0. The average molecular weight is 238 g/mol. The minimum absolute atomic E-state index is 0.0509. The van der Waals surface area contributed by atoms with Crippen LogP contribution in [0.5, 0.6) is 0 Å². The highest BCUT2D eigenvalue weighted by Crippen LogP contribution is 2.11. The number of hydrogen-bond acceptors (Lipinski definition) is 4. The van der Waals surface area contributed by atoms with Crippen LogP contribution in [0, 0.1) is 0 Å². The summed E-state index contributed by atoms with van der Waals surface area (Å²) >= 11 is 0. The summed E-state index contributed by atoms with van der Waals surface area (Å²) in [7, 11) is 0. The Bertz CT molecular complexity index is 345. The lowest BCUT2D eigenvalue weighted by Crippen LogP contribution is -2.45. The van der Waals surface area contributed by atoms with E-state index in [2.05, 4.69) is 5.32 Å². The fraction of sp³-hybridized carbons (Fsp3) is 0.583. The van der Waals surface area contributed by atoms with Crippen molar-refractivity contribution in [3.63, 3.8) is 0 Å². The summed E-state index contributed by atoms with van der Waals surface area (Å²) in [6.07, 6.45) is 1.64. The average Bonchev–Trinajstić information content (AvgIpc) is 2.90. The van der Waals surface area contributed by atoms with E-state index in [4.69, 9.17) is 9.15 Å². The minimum Gasteiger partial charge on any atom is -0.468 e. The molecule has 17 heavy (non-hydrogen) atoms. The number of rotatable bonds is 4. The Morgan fingerprint density at radius 2 is 2.29 bits per heavy atom. The van der Waals surface area contributed by atoms with Crippen LogP contribution in [0.3, 0.4) is 0 Å². The van der Waals surface area contributed by atoms with E-state index in [9.17, 15) is 4.79 Å². The predicted octanol–water partition coefficient (Wildman–Crippen LogP) is 0.789. The molecule has 94 valence electrons. The summed E-state index contributed by atoms with van der Waals surface area (Å²) in [5.74, 6) is 0.964. The molecule has 1 fully saturated rings. The highest BCUT2D eigenvalue weighted by atomic mass is 16.5. The number of furan rings is 1. The van der Waals surface area contributed by atoms with Gasteiger partial charge >= 0.3 is 0 Å². The maximum atomic E-state index is 11.8. The minimum atomic E-state index is 0.0509. The highest BCUT2D eigenvalue weighted by Gasteiger charge is 2.17. The summed E-state index contributed by atoms with van der Waals surface area (Å²) < 4.78 is 10.5. The summed E-state index contributed by atoms with van der Waals surface area (Å²) in [4.78, 5) is 13.7. The summed E-state index contributed by atoms with van der Waals surface area (Å²) in [6, 6.07) is 3.80. The molecule has 5 nitrogen and oxygen atoms in total. The van der Waals surface area contributed by atoms with Gasteiger partial charge in [0.25, 0.3) is 0 Å². The largest absolute Gasteiger partial charge is 0.468 e. The Labute approximate surface area is 101 Å². The Balaban J connectivity index is 1.75. The number of nitrogens with zero attached hydrogens (tertiary/aromatic N) is 1. The van der Waals surface area contributed by atoms with Crippen LogP contribution < -0.4 is 5.32 Å². The van der Waals surface area contributed by atoms with Crippen molar-refractivity contribution in [2.24, 2.45) is 0 Å². The first-order valence-electron chi connectivity index (χ1n) is 5.89. The molecule has 0 spiro atoms. The lowest BCUT2D eigenvalue weighted by atomic mass is 10.2. The molecular weight excluding hydrogens is 220 g/mol. The monoisotopic (exact) mass is 238 g/mol. The van der Waals surface area contributed by atoms with Gasteiger partial charge in [0.1, 0.15) is 5.76 Å². The molecule has 1 amide bonds. The van der Waals surface area contributed by atoms with Crippen LogP contribution in [0.25, 0.3) is 0 Å². The zero-order chi connectivity index (χ0) is 12.1. The van der Waals surface area contributed by atoms with E-state index < -0.39 is 0 Å². The molecule has 1 atom stereocenters. The zero-order valence-electron chi connectivity index (χ0n) is 10.0. The van der Waals surface area contributed by atoms with E-state index in [-0.39, 0.29) is 11.9 Å². The van der Waals surface area contributed by atoms with Crippen LogP contribution in [-0.4, -0.2) is 43.7 Å². The van der Waals surface area contributed by atoms with Gasteiger partial charge < -0.3 is 14.1 Å². The number of carbonyl (C=O) groups is 1. The van der Waals surface area contributed by atoms with Gasteiger partial charge in [-0.1, -0.05) is 0 Å². The molecule has 0 saturated carbocycles. The Morgan fingerprint density at radius 1 is 1.53 bits per heavy atom. The van der Waals surface area contributed by atoms with Crippen LogP contribution >= 0.6 is 0 Å². The lowest BCUT2D eigenvalue weighted by molar-refractivity contribution is -0.134.